The maximum Gasteiger partial charge on any atom is 0.338 e. The number of likely N-dealkylation sites (tertiary alicyclic amines) is 1. The van der Waals surface area contributed by atoms with E-state index in [2.05, 4.69) is 0 Å². The highest BCUT2D eigenvalue weighted by atomic mass is 16.6. The molecule has 1 N–H and O–H groups in total. The van der Waals surface area contributed by atoms with E-state index in [4.69, 9.17) is 14.6 Å². The lowest BCUT2D eigenvalue weighted by atomic mass is 10.2. The third-order valence-corrected chi connectivity index (χ3v) is 3.07. The van der Waals surface area contributed by atoms with Crippen molar-refractivity contribution in [3.8, 4) is 0 Å². The van der Waals surface area contributed by atoms with Crippen molar-refractivity contribution in [3.63, 3.8) is 0 Å². The molecule has 0 spiro atoms. The molecule has 1 amide bonds. The summed E-state index contributed by atoms with van der Waals surface area (Å²) in [6, 6.07) is -0.801. The molecule has 0 bridgehead atoms. The van der Waals surface area contributed by atoms with Gasteiger partial charge in [-0.3, -0.25) is 4.79 Å². The molecule has 0 radical (unpaired) electrons. The summed E-state index contributed by atoms with van der Waals surface area (Å²) in [6.07, 6.45) is -0.645. The molecule has 0 aromatic heterocycles. The van der Waals surface area contributed by atoms with Gasteiger partial charge >= 0.3 is 11.9 Å². The van der Waals surface area contributed by atoms with Crippen LogP contribution < -0.4 is 0 Å². The van der Waals surface area contributed by atoms with E-state index < -0.39 is 36.1 Å². The fourth-order valence-corrected chi connectivity index (χ4v) is 2.15. The van der Waals surface area contributed by atoms with Crippen molar-refractivity contribution < 1.29 is 29.0 Å². The van der Waals surface area contributed by atoms with Gasteiger partial charge in [-0.05, 0) is 19.8 Å². The predicted molar refractivity (Wildman–Crippen MR) is 57.7 cm³/mol. The lowest BCUT2D eigenvalue weighted by Crippen LogP contribution is -2.43. The average molecular weight is 257 g/mol. The topological polar surface area (TPSA) is 96.4 Å². The van der Waals surface area contributed by atoms with Crippen LogP contribution in [0.15, 0.2) is 0 Å². The number of ether oxygens (including phenoxy) is 2. The van der Waals surface area contributed by atoms with Crippen molar-refractivity contribution in [3.05, 3.63) is 0 Å². The molecule has 100 valence electrons. The zero-order valence-corrected chi connectivity index (χ0v) is 10.00. The summed E-state index contributed by atoms with van der Waals surface area (Å²) in [4.78, 5) is 35.5. The molecule has 0 saturated carbocycles. The van der Waals surface area contributed by atoms with Gasteiger partial charge in [0.2, 0.25) is 0 Å². The molecule has 2 fully saturated rings. The van der Waals surface area contributed by atoms with Crippen LogP contribution in [-0.4, -0.2) is 59.3 Å². The smallest absolute Gasteiger partial charge is 0.338 e. The Hall–Kier alpha value is -1.63. The first-order valence-electron chi connectivity index (χ1n) is 5.91. The van der Waals surface area contributed by atoms with Crippen LogP contribution in [0.3, 0.4) is 0 Å². The van der Waals surface area contributed by atoms with E-state index in [0.29, 0.717) is 19.4 Å². The zero-order chi connectivity index (χ0) is 13.3. The van der Waals surface area contributed by atoms with Crippen LogP contribution in [-0.2, 0) is 23.9 Å². The van der Waals surface area contributed by atoms with Crippen LogP contribution in [0, 0.1) is 0 Å². The normalized spacial score (nSPS) is 30.1. The highest BCUT2D eigenvalue weighted by Gasteiger charge is 2.54. The summed E-state index contributed by atoms with van der Waals surface area (Å²) in [7, 11) is 0. The molecule has 2 aliphatic rings. The van der Waals surface area contributed by atoms with Crippen LogP contribution in [0.5, 0.6) is 0 Å². The van der Waals surface area contributed by atoms with Gasteiger partial charge in [0.05, 0.1) is 6.61 Å². The zero-order valence-electron chi connectivity index (χ0n) is 10.00. The Balaban J connectivity index is 1.93. The van der Waals surface area contributed by atoms with Gasteiger partial charge < -0.3 is 19.5 Å². The average Bonchev–Trinajstić information content (AvgIpc) is 2.97. The van der Waals surface area contributed by atoms with Crippen LogP contribution in [0.1, 0.15) is 19.8 Å². The number of nitrogens with zero attached hydrogens (tertiary/aromatic N) is 1. The molecule has 2 unspecified atom stereocenters. The van der Waals surface area contributed by atoms with Crippen LogP contribution >= 0.6 is 0 Å². The van der Waals surface area contributed by atoms with Crippen molar-refractivity contribution in [2.75, 3.05) is 13.2 Å². The SMILES string of the molecule is CCOC(=O)C1OC1C(=O)N1CCC[C@H]1C(=O)O. The minimum Gasteiger partial charge on any atom is -0.480 e. The third-order valence-electron chi connectivity index (χ3n) is 3.07. The van der Waals surface area contributed by atoms with Crippen molar-refractivity contribution in [1.82, 2.24) is 4.90 Å². The standard InChI is InChI=1S/C11H15NO6/c1-2-17-11(16)8-7(18-8)9(13)12-5-3-4-6(12)10(14)15/h6-8H,2-5H2,1H3,(H,14,15)/t6-,7?,8?/m0/s1. The Morgan fingerprint density at radius 2 is 2.11 bits per heavy atom. The Labute approximate surface area is 104 Å². The molecule has 3 atom stereocenters. The van der Waals surface area contributed by atoms with Crippen LogP contribution in [0.25, 0.3) is 0 Å². The summed E-state index contributed by atoms with van der Waals surface area (Å²) in [5.74, 6) is -2.02. The van der Waals surface area contributed by atoms with E-state index in [0.717, 1.165) is 0 Å². The highest BCUT2D eigenvalue weighted by Crippen LogP contribution is 2.29. The molecule has 2 heterocycles. The molecule has 2 aliphatic heterocycles. The first kappa shape index (κ1) is 12.8. The quantitative estimate of drug-likeness (QED) is 0.533. The number of carbonyl (C=O) groups is 3. The number of hydrogen-bond donors (Lipinski definition) is 1. The predicted octanol–water partition coefficient (Wildman–Crippen LogP) is -0.607. The van der Waals surface area contributed by atoms with Crippen molar-refractivity contribution in [2.45, 2.75) is 38.0 Å². The summed E-state index contributed by atoms with van der Waals surface area (Å²) >= 11 is 0. The second kappa shape index (κ2) is 4.93. The molecule has 2 saturated heterocycles. The van der Waals surface area contributed by atoms with Crippen molar-refractivity contribution in [2.24, 2.45) is 0 Å². The summed E-state index contributed by atoms with van der Waals surface area (Å²) in [6.45, 7) is 2.28. The maximum atomic E-state index is 12.0. The maximum absolute atomic E-state index is 12.0. The van der Waals surface area contributed by atoms with Gasteiger partial charge in [-0.2, -0.15) is 0 Å². The van der Waals surface area contributed by atoms with E-state index in [1.807, 2.05) is 0 Å². The number of hydrogen-bond acceptors (Lipinski definition) is 5. The lowest BCUT2D eigenvalue weighted by Gasteiger charge is -2.20. The van der Waals surface area contributed by atoms with E-state index in [-0.39, 0.29) is 6.61 Å². The van der Waals surface area contributed by atoms with Crippen molar-refractivity contribution >= 4 is 17.8 Å². The number of carboxylic acid groups (broad SMARTS) is 1. The molecular weight excluding hydrogens is 242 g/mol. The molecular formula is C11H15NO6. The number of esters is 1. The van der Waals surface area contributed by atoms with Gasteiger partial charge in [0.15, 0.2) is 12.2 Å². The molecule has 7 heteroatoms. The first-order chi connectivity index (χ1) is 8.56. The van der Waals surface area contributed by atoms with Gasteiger partial charge in [-0.15, -0.1) is 0 Å². The minimum absolute atomic E-state index is 0.223. The molecule has 0 aromatic carbocycles. The number of rotatable bonds is 4. The monoisotopic (exact) mass is 257 g/mol. The highest BCUT2D eigenvalue weighted by molar-refractivity contribution is 5.94. The summed E-state index contributed by atoms with van der Waals surface area (Å²) in [5, 5.41) is 8.97. The van der Waals surface area contributed by atoms with Gasteiger partial charge in [0.25, 0.3) is 5.91 Å². The molecule has 2 rings (SSSR count). The van der Waals surface area contributed by atoms with Crippen LogP contribution in [0.4, 0.5) is 0 Å². The number of carboxylic acids is 1. The Morgan fingerprint density at radius 1 is 1.39 bits per heavy atom. The first-order valence-corrected chi connectivity index (χ1v) is 5.91. The van der Waals surface area contributed by atoms with E-state index in [1.54, 1.807) is 6.92 Å². The van der Waals surface area contributed by atoms with Gasteiger partial charge in [-0.25, -0.2) is 9.59 Å². The minimum atomic E-state index is -1.02. The largest absolute Gasteiger partial charge is 0.480 e. The Bertz CT molecular complexity index is 382. The van der Waals surface area contributed by atoms with E-state index >= 15 is 0 Å². The number of carbonyl (C=O) groups excluding carboxylic acids is 2. The van der Waals surface area contributed by atoms with Crippen LogP contribution in [0.2, 0.25) is 0 Å². The molecule has 7 nitrogen and oxygen atoms in total. The fraction of sp³-hybridized carbons (Fsp3) is 0.727. The van der Waals surface area contributed by atoms with Gasteiger partial charge in [0, 0.05) is 6.54 Å². The molecule has 18 heavy (non-hydrogen) atoms. The van der Waals surface area contributed by atoms with Gasteiger partial charge in [0.1, 0.15) is 6.04 Å². The Kier molecular flexibility index (Phi) is 3.51. The summed E-state index contributed by atoms with van der Waals surface area (Å²) in [5.41, 5.74) is 0. The third kappa shape index (κ3) is 2.31. The number of epoxide rings is 1. The fourth-order valence-electron chi connectivity index (χ4n) is 2.15. The lowest BCUT2D eigenvalue weighted by molar-refractivity contribution is -0.148. The number of amides is 1. The second-order valence-electron chi connectivity index (χ2n) is 4.26. The number of aliphatic carboxylic acids is 1. The van der Waals surface area contributed by atoms with Gasteiger partial charge in [-0.1, -0.05) is 0 Å². The second-order valence-corrected chi connectivity index (χ2v) is 4.26. The summed E-state index contributed by atoms with van der Waals surface area (Å²) < 4.78 is 9.71. The van der Waals surface area contributed by atoms with E-state index in [9.17, 15) is 14.4 Å². The Morgan fingerprint density at radius 3 is 2.72 bits per heavy atom. The molecule has 0 aromatic rings. The van der Waals surface area contributed by atoms with E-state index in [1.165, 1.54) is 4.90 Å². The van der Waals surface area contributed by atoms with Crippen molar-refractivity contribution in [1.29, 1.82) is 0 Å². The molecule has 0 aliphatic carbocycles.